The first kappa shape index (κ1) is 32.5. The largest absolute Gasteiger partial charge is 0.497 e. The quantitative estimate of drug-likeness (QED) is 0.368. The molecule has 3 aliphatic rings. The Labute approximate surface area is 274 Å². The molecule has 1 saturated heterocycles. The van der Waals surface area contributed by atoms with E-state index in [0.717, 1.165) is 16.6 Å². The monoisotopic (exact) mass is 644 g/mol. The fraction of sp³-hybridized carbons (Fsp3) is 0.528. The predicted octanol–water partition coefficient (Wildman–Crippen LogP) is 4.25. The molecule has 2 saturated carbocycles. The van der Waals surface area contributed by atoms with Gasteiger partial charge >= 0.3 is 11.8 Å². The number of benzene rings is 2. The smallest absolute Gasteiger partial charge is 0.410 e. The highest BCUT2D eigenvalue weighted by Crippen LogP contribution is 2.45. The zero-order chi connectivity index (χ0) is 33.6. The Balaban J connectivity index is 1.15. The molecule has 2 heterocycles. The maximum Gasteiger partial charge on any atom is 0.410 e. The van der Waals surface area contributed by atoms with Crippen molar-refractivity contribution in [3.05, 3.63) is 64.1 Å². The maximum absolute atomic E-state index is 13.9. The molecule has 0 N–H and O–H groups in total. The van der Waals surface area contributed by atoms with Gasteiger partial charge in [-0.25, -0.2) is 9.59 Å². The molecule has 47 heavy (non-hydrogen) atoms. The predicted molar refractivity (Wildman–Crippen MR) is 176 cm³/mol. The van der Waals surface area contributed by atoms with Crippen LogP contribution in [-0.4, -0.2) is 81.4 Å². The highest BCUT2D eigenvalue weighted by atomic mass is 16.6. The van der Waals surface area contributed by atoms with Crippen molar-refractivity contribution in [1.82, 2.24) is 18.9 Å². The highest BCUT2D eigenvalue weighted by molar-refractivity contribution is 6.07. The second-order valence-corrected chi connectivity index (χ2v) is 14.1. The summed E-state index contributed by atoms with van der Waals surface area (Å²) < 4.78 is 13.9. The molecule has 2 aromatic carbocycles. The number of Topliss-reactive ketones (excluding diaryl/α,β-unsaturated/α-hetero) is 2. The number of methoxy groups -OCH3 is 1. The Bertz CT molecular complexity index is 1750. The van der Waals surface area contributed by atoms with Crippen LogP contribution < -0.4 is 10.4 Å². The Morgan fingerprint density at radius 2 is 1.57 bits per heavy atom. The van der Waals surface area contributed by atoms with Gasteiger partial charge < -0.3 is 19.3 Å². The van der Waals surface area contributed by atoms with E-state index in [1.807, 2.05) is 68.1 Å². The number of piperazine rings is 1. The number of para-hydroxylation sites is 1. The number of carbonyl (C=O) groups is 4. The first-order chi connectivity index (χ1) is 22.4. The molecule has 2 unspecified atom stereocenters. The van der Waals surface area contributed by atoms with Crippen LogP contribution in [0.15, 0.2) is 47.3 Å². The Morgan fingerprint density at radius 3 is 2.21 bits per heavy atom. The van der Waals surface area contributed by atoms with Crippen molar-refractivity contribution in [3.63, 3.8) is 0 Å². The van der Waals surface area contributed by atoms with Crippen LogP contribution in [0.1, 0.15) is 69.5 Å². The van der Waals surface area contributed by atoms with E-state index in [2.05, 4.69) is 0 Å². The van der Waals surface area contributed by atoms with Gasteiger partial charge in [0.05, 0.1) is 30.1 Å². The van der Waals surface area contributed by atoms with Crippen LogP contribution in [0.4, 0.5) is 4.79 Å². The van der Waals surface area contributed by atoms with E-state index in [0.29, 0.717) is 56.7 Å². The number of aromatic nitrogens is 2. The van der Waals surface area contributed by atoms with Crippen LogP contribution in [-0.2, 0) is 32.6 Å². The van der Waals surface area contributed by atoms with Gasteiger partial charge in [0.15, 0.2) is 5.78 Å². The number of imidazole rings is 1. The van der Waals surface area contributed by atoms with Crippen molar-refractivity contribution >= 4 is 34.6 Å². The van der Waals surface area contributed by atoms with Crippen molar-refractivity contribution in [3.8, 4) is 5.75 Å². The van der Waals surface area contributed by atoms with E-state index >= 15 is 0 Å². The van der Waals surface area contributed by atoms with Gasteiger partial charge in [0.2, 0.25) is 5.91 Å². The molecule has 11 heteroatoms. The summed E-state index contributed by atoms with van der Waals surface area (Å²) in [6.45, 7) is 7.35. The number of ether oxygens (including phenoxy) is 2. The fourth-order valence-electron chi connectivity index (χ4n) is 7.32. The minimum absolute atomic E-state index is 0.0903. The number of carbonyl (C=O) groups excluding carboxylic acids is 4. The summed E-state index contributed by atoms with van der Waals surface area (Å²) in [5.74, 6) is -0.339. The molecular formula is C36H44N4O7. The first-order valence-corrected chi connectivity index (χ1v) is 16.5. The Morgan fingerprint density at radius 1 is 0.915 bits per heavy atom. The molecule has 0 spiro atoms. The summed E-state index contributed by atoms with van der Waals surface area (Å²) in [6, 6.07) is 12.4. The lowest BCUT2D eigenvalue weighted by molar-refractivity contribution is -0.140. The standard InChI is InChI=1S/C36H44N4O7/c1-36(2,3)47-35(45)39-17-15-38(16-18-39)33(43)24-20-23(21-24)26-7-6-8-28-31(26)37(4)34(44)40(28)29-13-14-30(41)27(32(29)42)19-22-9-11-25(46-5)12-10-22/h6-12,23-24,27,29H,13-21H2,1-5H3/t23-,24-,27?,29?. The van der Waals surface area contributed by atoms with Crippen LogP contribution in [0.25, 0.3) is 11.0 Å². The Kier molecular flexibility index (Phi) is 8.76. The van der Waals surface area contributed by atoms with E-state index in [4.69, 9.17) is 9.47 Å². The van der Waals surface area contributed by atoms with Crippen LogP contribution >= 0.6 is 0 Å². The van der Waals surface area contributed by atoms with Gasteiger partial charge in [-0.2, -0.15) is 0 Å². The van der Waals surface area contributed by atoms with Gasteiger partial charge in [-0.15, -0.1) is 0 Å². The summed E-state index contributed by atoms with van der Waals surface area (Å²) >= 11 is 0. The number of fused-ring (bicyclic) bond motifs is 1. The average Bonchev–Trinajstić information content (AvgIpc) is 3.27. The van der Waals surface area contributed by atoms with E-state index < -0.39 is 17.6 Å². The van der Waals surface area contributed by atoms with Crippen molar-refractivity contribution in [1.29, 1.82) is 0 Å². The molecule has 2 aliphatic carbocycles. The number of hydrogen-bond donors (Lipinski definition) is 0. The molecule has 1 aromatic heterocycles. The summed E-state index contributed by atoms with van der Waals surface area (Å²) in [5.41, 5.74) is 2.47. The molecular weight excluding hydrogens is 600 g/mol. The number of ketones is 2. The van der Waals surface area contributed by atoms with Crippen molar-refractivity contribution < 1.29 is 28.7 Å². The second-order valence-electron chi connectivity index (χ2n) is 14.1. The third kappa shape index (κ3) is 6.32. The summed E-state index contributed by atoms with van der Waals surface area (Å²) in [4.78, 5) is 69.9. The van der Waals surface area contributed by atoms with Crippen molar-refractivity contribution in [2.75, 3.05) is 33.3 Å². The maximum atomic E-state index is 13.9. The first-order valence-electron chi connectivity index (χ1n) is 16.5. The molecule has 2 amide bonds. The minimum Gasteiger partial charge on any atom is -0.497 e. The van der Waals surface area contributed by atoms with Crippen LogP contribution in [0.5, 0.6) is 5.75 Å². The van der Waals surface area contributed by atoms with Gasteiger partial charge in [0.25, 0.3) is 0 Å². The van der Waals surface area contributed by atoms with Gasteiger partial charge in [-0.05, 0) is 81.7 Å². The molecule has 3 fully saturated rings. The van der Waals surface area contributed by atoms with E-state index in [-0.39, 0.29) is 53.9 Å². The Hall–Kier alpha value is -4.41. The molecule has 0 bridgehead atoms. The summed E-state index contributed by atoms with van der Waals surface area (Å²) in [5, 5.41) is 0. The molecule has 250 valence electrons. The van der Waals surface area contributed by atoms with Crippen LogP contribution in [0.3, 0.4) is 0 Å². The number of amides is 2. The van der Waals surface area contributed by atoms with Crippen molar-refractivity contribution in [2.24, 2.45) is 18.9 Å². The lowest BCUT2D eigenvalue weighted by Gasteiger charge is -2.41. The SMILES string of the molecule is COc1ccc(CC2C(=O)CCC(n3c(=O)n(C)c4c3cccc4[C@H]3C[C@H](C(=O)N4CCN(C(=O)OC(C)(C)C)CC4)C3)C2=O)cc1. The van der Waals surface area contributed by atoms with Gasteiger partial charge in [-0.1, -0.05) is 24.3 Å². The molecule has 2 atom stereocenters. The van der Waals surface area contributed by atoms with Crippen LogP contribution in [0, 0.1) is 11.8 Å². The lowest BCUT2D eigenvalue weighted by atomic mass is 9.70. The van der Waals surface area contributed by atoms with E-state index in [9.17, 15) is 24.0 Å². The normalized spacial score (nSPS) is 23.5. The number of aryl methyl sites for hydroxylation is 1. The topological polar surface area (TPSA) is 120 Å². The van der Waals surface area contributed by atoms with Crippen LogP contribution in [0.2, 0.25) is 0 Å². The molecule has 0 radical (unpaired) electrons. The zero-order valence-electron chi connectivity index (χ0n) is 27.9. The molecule has 1 aliphatic heterocycles. The number of nitrogens with zero attached hydrogens (tertiary/aromatic N) is 4. The van der Waals surface area contributed by atoms with Crippen molar-refractivity contribution in [2.45, 2.75) is 70.4 Å². The molecule has 11 nitrogen and oxygen atoms in total. The molecule has 3 aromatic rings. The third-order valence-corrected chi connectivity index (χ3v) is 9.94. The fourth-order valence-corrected chi connectivity index (χ4v) is 7.32. The minimum atomic E-state index is -0.808. The summed E-state index contributed by atoms with van der Waals surface area (Å²) in [6.07, 6.45) is 1.80. The third-order valence-electron chi connectivity index (χ3n) is 9.94. The zero-order valence-corrected chi connectivity index (χ0v) is 27.9. The van der Waals surface area contributed by atoms with Gasteiger partial charge in [0.1, 0.15) is 17.1 Å². The average molecular weight is 645 g/mol. The number of rotatable bonds is 6. The van der Waals surface area contributed by atoms with Gasteiger partial charge in [0, 0.05) is 45.6 Å². The lowest BCUT2D eigenvalue weighted by Crippen LogP contribution is -2.53. The highest BCUT2D eigenvalue weighted by Gasteiger charge is 2.42. The van der Waals surface area contributed by atoms with E-state index in [1.165, 1.54) is 0 Å². The van der Waals surface area contributed by atoms with E-state index in [1.54, 1.807) is 28.2 Å². The summed E-state index contributed by atoms with van der Waals surface area (Å²) in [7, 11) is 3.31. The number of hydrogen-bond acceptors (Lipinski definition) is 7. The van der Waals surface area contributed by atoms with Gasteiger partial charge in [-0.3, -0.25) is 23.5 Å². The second kappa shape index (κ2) is 12.7. The molecule has 6 rings (SSSR count).